The standard InChI is InChI=1S/C18H27BrN4O.HI/c1-13-8-9-14(19)12-16(13)23-17(24)10-11-21-18(20-2)22-15-6-4-3-5-7-15;/h8-9,12,15H,3-7,10-11H2,1-2H3,(H,23,24)(H2,20,21,22);1H. The number of nitrogens with one attached hydrogen (secondary N) is 3. The number of anilines is 1. The smallest absolute Gasteiger partial charge is 0.226 e. The molecular weight excluding hydrogens is 495 g/mol. The quantitative estimate of drug-likeness (QED) is 0.308. The lowest BCUT2D eigenvalue weighted by Gasteiger charge is -2.24. The van der Waals surface area contributed by atoms with Gasteiger partial charge in [0.2, 0.25) is 5.91 Å². The molecule has 140 valence electrons. The van der Waals surface area contributed by atoms with Crippen LogP contribution in [0.15, 0.2) is 27.7 Å². The third-order valence-corrected chi connectivity index (χ3v) is 4.78. The number of guanidine groups is 1. The first-order valence-electron chi connectivity index (χ1n) is 8.61. The minimum atomic E-state index is -0.00294. The summed E-state index contributed by atoms with van der Waals surface area (Å²) in [6.45, 7) is 2.54. The van der Waals surface area contributed by atoms with Crippen molar-refractivity contribution in [1.29, 1.82) is 0 Å². The maximum Gasteiger partial charge on any atom is 0.226 e. The molecule has 0 heterocycles. The number of aryl methyl sites for hydroxylation is 1. The van der Waals surface area contributed by atoms with Crippen LogP contribution >= 0.6 is 39.9 Å². The van der Waals surface area contributed by atoms with Gasteiger partial charge in [-0.25, -0.2) is 0 Å². The molecule has 1 aromatic carbocycles. The molecule has 3 N–H and O–H groups in total. The van der Waals surface area contributed by atoms with E-state index in [2.05, 4.69) is 36.9 Å². The van der Waals surface area contributed by atoms with Crippen LogP contribution in [0.2, 0.25) is 0 Å². The third kappa shape index (κ3) is 7.94. The lowest BCUT2D eigenvalue weighted by Crippen LogP contribution is -2.44. The van der Waals surface area contributed by atoms with Crippen molar-refractivity contribution in [2.24, 2.45) is 4.99 Å². The summed E-state index contributed by atoms with van der Waals surface area (Å²) in [6, 6.07) is 6.37. The minimum absolute atomic E-state index is 0. The van der Waals surface area contributed by atoms with Crippen LogP contribution in [0.4, 0.5) is 5.69 Å². The number of hydrogen-bond acceptors (Lipinski definition) is 2. The van der Waals surface area contributed by atoms with Crippen LogP contribution in [0.3, 0.4) is 0 Å². The van der Waals surface area contributed by atoms with Gasteiger partial charge in [0.1, 0.15) is 0 Å². The molecule has 0 radical (unpaired) electrons. The topological polar surface area (TPSA) is 65.5 Å². The molecule has 0 atom stereocenters. The zero-order chi connectivity index (χ0) is 17.4. The van der Waals surface area contributed by atoms with Gasteiger partial charge in [0.15, 0.2) is 5.96 Å². The number of nitrogens with zero attached hydrogens (tertiary/aromatic N) is 1. The molecule has 0 saturated heterocycles. The van der Waals surface area contributed by atoms with Gasteiger partial charge in [0, 0.05) is 36.2 Å². The number of carbonyl (C=O) groups excluding carboxylic acids is 1. The largest absolute Gasteiger partial charge is 0.356 e. The molecule has 1 amide bonds. The fraction of sp³-hybridized carbons (Fsp3) is 0.556. The molecule has 0 aliphatic heterocycles. The highest BCUT2D eigenvalue weighted by molar-refractivity contribution is 14.0. The van der Waals surface area contributed by atoms with Gasteiger partial charge < -0.3 is 16.0 Å². The summed E-state index contributed by atoms with van der Waals surface area (Å²) < 4.78 is 0.957. The Labute approximate surface area is 176 Å². The Morgan fingerprint density at radius 3 is 2.68 bits per heavy atom. The van der Waals surface area contributed by atoms with Gasteiger partial charge in [-0.1, -0.05) is 41.3 Å². The first-order chi connectivity index (χ1) is 11.6. The molecule has 25 heavy (non-hydrogen) atoms. The second-order valence-corrected chi connectivity index (χ2v) is 7.15. The Morgan fingerprint density at radius 2 is 2.00 bits per heavy atom. The highest BCUT2D eigenvalue weighted by Gasteiger charge is 2.14. The normalized spacial score (nSPS) is 15.2. The van der Waals surface area contributed by atoms with Gasteiger partial charge in [-0.3, -0.25) is 9.79 Å². The van der Waals surface area contributed by atoms with E-state index in [0.29, 0.717) is 19.0 Å². The van der Waals surface area contributed by atoms with E-state index >= 15 is 0 Å². The van der Waals surface area contributed by atoms with Crippen molar-refractivity contribution in [1.82, 2.24) is 10.6 Å². The average molecular weight is 523 g/mol. The first-order valence-corrected chi connectivity index (χ1v) is 9.41. The molecule has 1 aliphatic carbocycles. The highest BCUT2D eigenvalue weighted by Crippen LogP contribution is 2.20. The van der Waals surface area contributed by atoms with Gasteiger partial charge in [0.05, 0.1) is 0 Å². The van der Waals surface area contributed by atoms with Crippen LogP contribution in [0.25, 0.3) is 0 Å². The molecule has 1 fully saturated rings. The lowest BCUT2D eigenvalue weighted by atomic mass is 9.96. The number of carbonyl (C=O) groups is 1. The Balaban J connectivity index is 0.00000312. The van der Waals surface area contributed by atoms with E-state index in [4.69, 9.17) is 0 Å². The highest BCUT2D eigenvalue weighted by atomic mass is 127. The minimum Gasteiger partial charge on any atom is -0.356 e. The van der Waals surface area contributed by atoms with Crippen molar-refractivity contribution >= 4 is 57.5 Å². The van der Waals surface area contributed by atoms with Gasteiger partial charge in [0.25, 0.3) is 0 Å². The summed E-state index contributed by atoms with van der Waals surface area (Å²) in [5.41, 5.74) is 1.90. The summed E-state index contributed by atoms with van der Waals surface area (Å²) in [6.07, 6.45) is 6.69. The second kappa shape index (κ2) is 11.7. The van der Waals surface area contributed by atoms with Crippen LogP contribution in [0.5, 0.6) is 0 Å². The molecule has 0 spiro atoms. The number of benzene rings is 1. The van der Waals surface area contributed by atoms with Gasteiger partial charge >= 0.3 is 0 Å². The summed E-state index contributed by atoms with van der Waals surface area (Å²) in [7, 11) is 1.77. The Bertz CT molecular complexity index is 588. The Hall–Kier alpha value is -0.830. The summed E-state index contributed by atoms with van der Waals surface area (Å²) in [4.78, 5) is 16.4. The van der Waals surface area contributed by atoms with Crippen molar-refractivity contribution in [3.63, 3.8) is 0 Å². The van der Waals surface area contributed by atoms with Crippen LogP contribution < -0.4 is 16.0 Å². The van der Waals surface area contributed by atoms with Crippen LogP contribution in [0, 0.1) is 6.92 Å². The van der Waals surface area contributed by atoms with E-state index in [9.17, 15) is 4.79 Å². The van der Waals surface area contributed by atoms with E-state index in [0.717, 1.165) is 21.7 Å². The first kappa shape index (κ1) is 22.2. The Morgan fingerprint density at radius 1 is 1.28 bits per heavy atom. The predicted octanol–water partition coefficient (Wildman–Crippen LogP) is 4.20. The van der Waals surface area contributed by atoms with Gasteiger partial charge in [-0.15, -0.1) is 24.0 Å². The van der Waals surface area contributed by atoms with Crippen molar-refractivity contribution in [2.75, 3.05) is 18.9 Å². The Kier molecular flexibility index (Phi) is 10.4. The molecule has 1 aliphatic rings. The van der Waals surface area contributed by atoms with E-state index in [-0.39, 0.29) is 29.9 Å². The fourth-order valence-corrected chi connectivity index (χ4v) is 3.23. The summed E-state index contributed by atoms with van der Waals surface area (Å²) >= 11 is 3.43. The van der Waals surface area contributed by atoms with Crippen molar-refractivity contribution < 1.29 is 4.79 Å². The zero-order valence-electron chi connectivity index (χ0n) is 14.9. The molecule has 2 rings (SSSR count). The van der Waals surface area contributed by atoms with E-state index < -0.39 is 0 Å². The third-order valence-electron chi connectivity index (χ3n) is 4.29. The fourth-order valence-electron chi connectivity index (χ4n) is 2.87. The SMILES string of the molecule is CN=C(NCCC(=O)Nc1cc(Br)ccc1C)NC1CCCCC1.I. The van der Waals surface area contributed by atoms with E-state index in [1.807, 2.05) is 25.1 Å². The van der Waals surface area contributed by atoms with E-state index in [1.54, 1.807) is 7.05 Å². The maximum atomic E-state index is 12.1. The number of amides is 1. The lowest BCUT2D eigenvalue weighted by molar-refractivity contribution is -0.116. The molecule has 1 saturated carbocycles. The molecule has 0 unspecified atom stereocenters. The number of rotatable bonds is 5. The van der Waals surface area contributed by atoms with Crippen LogP contribution in [-0.2, 0) is 4.79 Å². The summed E-state index contributed by atoms with van der Waals surface area (Å²) in [5, 5.41) is 9.63. The predicted molar refractivity (Wildman–Crippen MR) is 119 cm³/mol. The maximum absolute atomic E-state index is 12.1. The monoisotopic (exact) mass is 522 g/mol. The number of aliphatic imine (C=N–C) groups is 1. The van der Waals surface area contributed by atoms with E-state index in [1.165, 1.54) is 32.1 Å². The molecule has 5 nitrogen and oxygen atoms in total. The van der Waals surface area contributed by atoms with Crippen LogP contribution in [0.1, 0.15) is 44.1 Å². The molecule has 0 bridgehead atoms. The van der Waals surface area contributed by atoms with Crippen molar-refractivity contribution in [3.8, 4) is 0 Å². The van der Waals surface area contributed by atoms with Crippen LogP contribution in [-0.4, -0.2) is 31.5 Å². The molecular formula is C18H28BrIN4O. The number of halogens is 2. The molecule has 7 heteroatoms. The van der Waals surface area contributed by atoms with Crippen molar-refractivity contribution in [2.45, 2.75) is 51.5 Å². The average Bonchev–Trinajstić information content (AvgIpc) is 2.58. The summed E-state index contributed by atoms with van der Waals surface area (Å²) in [5.74, 6) is 0.783. The second-order valence-electron chi connectivity index (χ2n) is 6.24. The number of hydrogen-bond donors (Lipinski definition) is 3. The van der Waals surface area contributed by atoms with Gasteiger partial charge in [-0.05, 0) is 37.5 Å². The molecule has 1 aromatic rings. The molecule has 0 aromatic heterocycles. The van der Waals surface area contributed by atoms with Gasteiger partial charge in [-0.2, -0.15) is 0 Å². The van der Waals surface area contributed by atoms with Crippen molar-refractivity contribution in [3.05, 3.63) is 28.2 Å². The zero-order valence-corrected chi connectivity index (χ0v) is 18.8.